The highest BCUT2D eigenvalue weighted by molar-refractivity contribution is 6.31. The van der Waals surface area contributed by atoms with E-state index >= 15 is 0 Å². The van der Waals surface area contributed by atoms with Gasteiger partial charge in [0, 0.05) is 67.3 Å². The number of halogens is 1. The monoisotopic (exact) mass is 572 g/mol. The van der Waals surface area contributed by atoms with Crippen molar-refractivity contribution >= 4 is 23.4 Å². The number of nitrogens with two attached hydrogens (primary N) is 1. The SMILES string of the molecule is CC(Oc1cc(-c2cc3n(n2)CCC32CCN(C(=O)NC(C)(C)c3ccncc3Cl)C2)cnc1N)c1ccncc1. The number of anilines is 1. The average molecular weight is 573 g/mol. The lowest BCUT2D eigenvalue weighted by molar-refractivity contribution is 0.194. The number of nitrogen functional groups attached to an aromatic ring is 1. The van der Waals surface area contributed by atoms with Crippen LogP contribution >= 0.6 is 11.6 Å². The van der Waals surface area contributed by atoms with Gasteiger partial charge in [-0.25, -0.2) is 9.78 Å². The summed E-state index contributed by atoms with van der Waals surface area (Å²) in [5.41, 5.74) is 9.99. The van der Waals surface area contributed by atoms with Gasteiger partial charge in [-0.15, -0.1) is 0 Å². The van der Waals surface area contributed by atoms with Gasteiger partial charge in [-0.05, 0) is 75.1 Å². The van der Waals surface area contributed by atoms with E-state index in [1.807, 2.05) is 49.9 Å². The number of aromatic nitrogens is 5. The molecule has 2 atom stereocenters. The van der Waals surface area contributed by atoms with E-state index in [1.165, 1.54) is 0 Å². The molecule has 6 rings (SSSR count). The molecule has 0 radical (unpaired) electrons. The van der Waals surface area contributed by atoms with Crippen molar-refractivity contribution in [3.05, 3.63) is 83.2 Å². The number of amides is 2. The number of hydrogen-bond donors (Lipinski definition) is 2. The molecule has 11 heteroatoms. The normalized spacial score (nSPS) is 18.9. The standard InChI is InChI=1S/C30H33ClN8O2/c1-19(20-4-9-33-10-5-20)41-25-14-21(16-35-27(25)32)24-15-26-30(8-13-39(26)37-24)7-12-38(18-30)28(40)36-29(2,3)22-6-11-34-17-23(22)31/h4-6,9-11,14-17,19H,7-8,12-13,18H2,1-3H3,(H2,32,35)(H,36,40). The van der Waals surface area contributed by atoms with Crippen molar-refractivity contribution in [2.24, 2.45) is 0 Å². The Morgan fingerprint density at radius 3 is 2.66 bits per heavy atom. The maximum Gasteiger partial charge on any atom is 0.318 e. The molecule has 0 aliphatic carbocycles. The van der Waals surface area contributed by atoms with Gasteiger partial charge in [-0.2, -0.15) is 5.10 Å². The van der Waals surface area contributed by atoms with E-state index in [4.69, 9.17) is 27.2 Å². The number of pyridine rings is 3. The van der Waals surface area contributed by atoms with Crippen molar-refractivity contribution in [2.45, 2.75) is 57.2 Å². The summed E-state index contributed by atoms with van der Waals surface area (Å²) >= 11 is 6.37. The molecule has 4 aromatic heterocycles. The minimum atomic E-state index is -0.645. The van der Waals surface area contributed by atoms with Crippen LogP contribution < -0.4 is 15.8 Å². The Kier molecular flexibility index (Phi) is 6.81. The van der Waals surface area contributed by atoms with Crippen molar-refractivity contribution < 1.29 is 9.53 Å². The second-order valence-corrected chi connectivity index (χ2v) is 11.8. The summed E-state index contributed by atoms with van der Waals surface area (Å²) in [5, 5.41) is 8.60. The first-order valence-corrected chi connectivity index (χ1v) is 14.1. The fourth-order valence-corrected chi connectivity index (χ4v) is 6.30. The third kappa shape index (κ3) is 5.08. The van der Waals surface area contributed by atoms with Gasteiger partial charge in [0.2, 0.25) is 0 Å². The van der Waals surface area contributed by atoms with Gasteiger partial charge in [0.05, 0.1) is 16.3 Å². The summed E-state index contributed by atoms with van der Waals surface area (Å²) in [7, 11) is 0. The molecule has 2 aliphatic rings. The van der Waals surface area contributed by atoms with E-state index in [1.54, 1.807) is 31.0 Å². The Hall–Kier alpha value is -4.18. The number of ether oxygens (including phenoxy) is 1. The van der Waals surface area contributed by atoms with Crippen molar-refractivity contribution in [2.75, 3.05) is 18.8 Å². The predicted molar refractivity (Wildman–Crippen MR) is 156 cm³/mol. The lowest BCUT2D eigenvalue weighted by Gasteiger charge is -2.31. The van der Waals surface area contributed by atoms with Crippen LogP contribution in [-0.4, -0.2) is 48.8 Å². The van der Waals surface area contributed by atoms with Crippen LogP contribution in [0.2, 0.25) is 5.02 Å². The maximum absolute atomic E-state index is 13.4. The molecular formula is C30H33ClN8O2. The molecule has 4 aromatic rings. The highest BCUT2D eigenvalue weighted by atomic mass is 35.5. The number of nitrogens with zero attached hydrogens (tertiary/aromatic N) is 6. The van der Waals surface area contributed by atoms with E-state index in [2.05, 4.69) is 31.0 Å². The molecule has 2 amide bonds. The molecule has 10 nitrogen and oxygen atoms in total. The molecule has 0 saturated carbocycles. The molecule has 2 aliphatic heterocycles. The summed E-state index contributed by atoms with van der Waals surface area (Å²) in [6.07, 6.45) is 10.1. The largest absolute Gasteiger partial charge is 0.482 e. The van der Waals surface area contributed by atoms with Crippen molar-refractivity contribution in [3.63, 3.8) is 0 Å². The highest BCUT2D eigenvalue weighted by Gasteiger charge is 2.47. The van der Waals surface area contributed by atoms with E-state index < -0.39 is 5.54 Å². The number of likely N-dealkylation sites (tertiary alicyclic amines) is 1. The van der Waals surface area contributed by atoms with Crippen LogP contribution in [0.4, 0.5) is 10.6 Å². The number of aryl methyl sites for hydroxylation is 1. The number of nitrogens with one attached hydrogen (secondary N) is 1. The summed E-state index contributed by atoms with van der Waals surface area (Å²) in [6, 6.07) is 9.58. The van der Waals surface area contributed by atoms with Crippen molar-refractivity contribution in [1.82, 2.24) is 34.9 Å². The maximum atomic E-state index is 13.4. The topological polar surface area (TPSA) is 124 Å². The zero-order valence-electron chi connectivity index (χ0n) is 23.3. The molecule has 1 fully saturated rings. The van der Waals surface area contributed by atoms with E-state index in [0.717, 1.165) is 47.5 Å². The predicted octanol–water partition coefficient (Wildman–Crippen LogP) is 5.10. The number of rotatable bonds is 6. The van der Waals surface area contributed by atoms with Gasteiger partial charge < -0.3 is 20.7 Å². The molecule has 41 heavy (non-hydrogen) atoms. The first-order chi connectivity index (χ1) is 19.6. The lowest BCUT2D eigenvalue weighted by atomic mass is 9.82. The van der Waals surface area contributed by atoms with Gasteiger partial charge in [0.1, 0.15) is 6.10 Å². The van der Waals surface area contributed by atoms with Gasteiger partial charge >= 0.3 is 6.03 Å². The minimum Gasteiger partial charge on any atom is -0.482 e. The molecule has 6 heterocycles. The van der Waals surface area contributed by atoms with E-state index in [0.29, 0.717) is 29.7 Å². The van der Waals surface area contributed by atoms with Crippen LogP contribution in [0.1, 0.15) is 56.5 Å². The number of fused-ring (bicyclic) bond motifs is 2. The van der Waals surface area contributed by atoms with E-state index in [9.17, 15) is 4.79 Å². The van der Waals surface area contributed by atoms with Gasteiger partial charge in [0.15, 0.2) is 11.6 Å². The molecule has 1 spiro atoms. The first-order valence-electron chi connectivity index (χ1n) is 13.7. The number of hydrogen-bond acceptors (Lipinski definition) is 7. The third-order valence-electron chi connectivity index (χ3n) is 8.29. The van der Waals surface area contributed by atoms with Crippen LogP contribution in [0, 0.1) is 0 Å². The number of urea groups is 1. The fourth-order valence-electron chi connectivity index (χ4n) is 5.94. The Balaban J connectivity index is 1.19. The Morgan fingerprint density at radius 1 is 1.12 bits per heavy atom. The second kappa shape index (κ2) is 10.3. The summed E-state index contributed by atoms with van der Waals surface area (Å²) in [6.45, 7) is 7.96. The fraction of sp³-hybridized carbons (Fsp3) is 0.367. The zero-order chi connectivity index (χ0) is 28.8. The van der Waals surface area contributed by atoms with E-state index in [-0.39, 0.29) is 17.6 Å². The highest BCUT2D eigenvalue weighted by Crippen LogP contribution is 2.44. The minimum absolute atomic E-state index is 0.106. The summed E-state index contributed by atoms with van der Waals surface area (Å²) in [5.74, 6) is 0.835. The van der Waals surface area contributed by atoms with Gasteiger partial charge in [-0.1, -0.05) is 11.6 Å². The zero-order valence-corrected chi connectivity index (χ0v) is 24.1. The van der Waals surface area contributed by atoms with Crippen LogP contribution in [0.3, 0.4) is 0 Å². The second-order valence-electron chi connectivity index (χ2n) is 11.4. The molecular weight excluding hydrogens is 540 g/mol. The van der Waals surface area contributed by atoms with Gasteiger partial charge in [0.25, 0.3) is 0 Å². The Bertz CT molecular complexity index is 1590. The van der Waals surface area contributed by atoms with Crippen molar-refractivity contribution in [1.29, 1.82) is 0 Å². The van der Waals surface area contributed by atoms with Crippen LogP contribution in [0.15, 0.2) is 61.3 Å². The number of carbonyl (C=O) groups excluding carboxylic acids is 1. The van der Waals surface area contributed by atoms with Crippen LogP contribution in [0.25, 0.3) is 11.3 Å². The molecule has 212 valence electrons. The lowest BCUT2D eigenvalue weighted by Crippen LogP contribution is -2.48. The number of carbonyl (C=O) groups is 1. The van der Waals surface area contributed by atoms with Crippen LogP contribution in [0.5, 0.6) is 5.75 Å². The average Bonchev–Trinajstić information content (AvgIpc) is 3.67. The van der Waals surface area contributed by atoms with Crippen molar-refractivity contribution in [3.8, 4) is 17.0 Å². The first kappa shape index (κ1) is 27.0. The molecule has 2 unspecified atom stereocenters. The molecule has 0 bridgehead atoms. The molecule has 0 aromatic carbocycles. The summed E-state index contributed by atoms with van der Waals surface area (Å²) < 4.78 is 8.23. The summed E-state index contributed by atoms with van der Waals surface area (Å²) in [4.78, 5) is 27.8. The quantitative estimate of drug-likeness (QED) is 0.329. The van der Waals surface area contributed by atoms with Gasteiger partial charge in [-0.3, -0.25) is 14.6 Å². The third-order valence-corrected chi connectivity index (χ3v) is 8.59. The Labute approximate surface area is 243 Å². The molecule has 3 N–H and O–H groups in total. The van der Waals surface area contributed by atoms with Crippen LogP contribution in [-0.2, 0) is 17.5 Å². The Morgan fingerprint density at radius 2 is 1.88 bits per heavy atom. The smallest absolute Gasteiger partial charge is 0.318 e. The molecule has 1 saturated heterocycles.